The number of rotatable bonds is 6. The second-order valence-corrected chi connectivity index (χ2v) is 5.97. The number of methoxy groups -OCH3 is 1. The molecule has 0 unspecified atom stereocenters. The zero-order valence-corrected chi connectivity index (χ0v) is 14.9. The van der Waals surface area contributed by atoms with Gasteiger partial charge in [-0.2, -0.15) is 0 Å². The topological polar surface area (TPSA) is 36.5 Å². The van der Waals surface area contributed by atoms with Crippen molar-refractivity contribution in [1.29, 1.82) is 0 Å². The number of likely N-dealkylation sites (N-methyl/N-ethyl adjacent to an activating group) is 1. The van der Waals surface area contributed by atoms with Gasteiger partial charge in [-0.15, -0.1) is 0 Å². The van der Waals surface area contributed by atoms with Crippen molar-refractivity contribution in [2.75, 3.05) is 33.1 Å². The molecule has 0 spiro atoms. The zero-order chi connectivity index (χ0) is 17.5. The summed E-state index contributed by atoms with van der Waals surface area (Å²) < 4.78 is 18.4. The van der Waals surface area contributed by atoms with Crippen LogP contribution >= 0.6 is 12.2 Å². The zero-order valence-electron chi connectivity index (χ0n) is 14.0. The Bertz CT molecular complexity index is 676. The van der Waals surface area contributed by atoms with Crippen LogP contribution in [0.3, 0.4) is 0 Å². The molecule has 4 nitrogen and oxygen atoms in total. The maximum Gasteiger partial charge on any atom is 0.170 e. The smallest absolute Gasteiger partial charge is 0.170 e. The molecule has 0 amide bonds. The molecular formula is C18H22FN3OS. The van der Waals surface area contributed by atoms with Crippen molar-refractivity contribution < 1.29 is 9.13 Å². The van der Waals surface area contributed by atoms with Gasteiger partial charge in [0.2, 0.25) is 0 Å². The van der Waals surface area contributed by atoms with Crippen LogP contribution in [0.5, 0.6) is 5.75 Å². The number of anilines is 1. The van der Waals surface area contributed by atoms with E-state index in [0.29, 0.717) is 11.7 Å². The second kappa shape index (κ2) is 8.61. The van der Waals surface area contributed by atoms with E-state index in [9.17, 15) is 4.39 Å². The molecule has 24 heavy (non-hydrogen) atoms. The van der Waals surface area contributed by atoms with Crippen molar-refractivity contribution in [1.82, 2.24) is 10.2 Å². The van der Waals surface area contributed by atoms with Crippen LogP contribution in [0.1, 0.15) is 11.6 Å². The highest BCUT2D eigenvalue weighted by atomic mass is 32.1. The number of hydrogen-bond acceptors (Lipinski definition) is 3. The minimum atomic E-state index is -0.275. The molecule has 0 saturated heterocycles. The fraction of sp³-hybridized carbons (Fsp3) is 0.278. The summed E-state index contributed by atoms with van der Waals surface area (Å²) in [7, 11) is 5.68. The number of thiocarbonyl (C=S) groups is 1. The molecule has 2 N–H and O–H groups in total. The predicted molar refractivity (Wildman–Crippen MR) is 100 cm³/mol. The molecule has 0 aliphatic carbocycles. The molecule has 2 rings (SSSR count). The van der Waals surface area contributed by atoms with Crippen molar-refractivity contribution in [3.8, 4) is 5.75 Å². The Morgan fingerprint density at radius 3 is 2.46 bits per heavy atom. The monoisotopic (exact) mass is 347 g/mol. The third-order valence-corrected chi connectivity index (χ3v) is 3.93. The molecule has 0 aromatic heterocycles. The van der Waals surface area contributed by atoms with Crippen LogP contribution in [0.2, 0.25) is 0 Å². The van der Waals surface area contributed by atoms with E-state index in [1.165, 1.54) is 12.1 Å². The summed E-state index contributed by atoms with van der Waals surface area (Å²) in [4.78, 5) is 2.10. The number of benzene rings is 2. The summed E-state index contributed by atoms with van der Waals surface area (Å²) in [6.45, 7) is 0.612. The minimum absolute atomic E-state index is 0.0918. The molecule has 128 valence electrons. The maximum absolute atomic E-state index is 12.9. The molecular weight excluding hydrogens is 325 g/mol. The number of halogens is 1. The Morgan fingerprint density at radius 1 is 1.17 bits per heavy atom. The first-order valence-electron chi connectivity index (χ1n) is 7.61. The second-order valence-electron chi connectivity index (χ2n) is 5.56. The van der Waals surface area contributed by atoms with Gasteiger partial charge in [-0.3, -0.25) is 0 Å². The van der Waals surface area contributed by atoms with Crippen LogP contribution in [0, 0.1) is 5.82 Å². The SMILES string of the molecule is COc1ccccc1[C@H](CNC(=S)Nc1ccc(F)cc1)N(C)C. The van der Waals surface area contributed by atoms with Crippen LogP contribution in [0.15, 0.2) is 48.5 Å². The van der Waals surface area contributed by atoms with E-state index in [0.717, 1.165) is 17.0 Å². The van der Waals surface area contributed by atoms with Crippen molar-refractivity contribution >= 4 is 23.0 Å². The quantitative estimate of drug-likeness (QED) is 0.783. The average Bonchev–Trinajstić information content (AvgIpc) is 2.57. The lowest BCUT2D eigenvalue weighted by molar-refractivity contribution is 0.288. The number of ether oxygens (including phenoxy) is 1. The van der Waals surface area contributed by atoms with E-state index >= 15 is 0 Å². The lowest BCUT2D eigenvalue weighted by Crippen LogP contribution is -2.36. The predicted octanol–water partition coefficient (Wildman–Crippen LogP) is 3.42. The average molecular weight is 347 g/mol. The van der Waals surface area contributed by atoms with Crippen molar-refractivity contribution in [2.24, 2.45) is 0 Å². The highest BCUT2D eigenvalue weighted by molar-refractivity contribution is 7.80. The maximum atomic E-state index is 12.9. The number of nitrogens with zero attached hydrogens (tertiary/aromatic N) is 1. The highest BCUT2D eigenvalue weighted by Gasteiger charge is 2.18. The fourth-order valence-electron chi connectivity index (χ4n) is 2.41. The largest absolute Gasteiger partial charge is 0.496 e. The summed E-state index contributed by atoms with van der Waals surface area (Å²) in [5.41, 5.74) is 1.83. The van der Waals surface area contributed by atoms with Gasteiger partial charge in [0.05, 0.1) is 13.2 Å². The summed E-state index contributed by atoms with van der Waals surface area (Å²) in [6.07, 6.45) is 0. The van der Waals surface area contributed by atoms with Crippen LogP contribution in [-0.2, 0) is 0 Å². The summed E-state index contributed by atoms with van der Waals surface area (Å²) in [5, 5.41) is 6.74. The number of hydrogen-bond donors (Lipinski definition) is 2. The molecule has 0 aliphatic rings. The van der Waals surface area contributed by atoms with Gasteiger partial charge in [0.1, 0.15) is 11.6 Å². The van der Waals surface area contributed by atoms with Crippen LogP contribution in [0.25, 0.3) is 0 Å². The fourth-order valence-corrected chi connectivity index (χ4v) is 2.61. The normalized spacial score (nSPS) is 11.9. The number of nitrogens with one attached hydrogen (secondary N) is 2. The van der Waals surface area contributed by atoms with Gasteiger partial charge in [-0.25, -0.2) is 4.39 Å². The molecule has 0 heterocycles. The Morgan fingerprint density at radius 2 is 1.83 bits per heavy atom. The van der Waals surface area contributed by atoms with E-state index in [1.807, 2.05) is 38.4 Å². The van der Waals surface area contributed by atoms with E-state index in [-0.39, 0.29) is 11.9 Å². The first kappa shape index (κ1) is 18.2. The molecule has 2 aromatic rings. The van der Waals surface area contributed by atoms with Crippen LogP contribution in [-0.4, -0.2) is 37.8 Å². The van der Waals surface area contributed by atoms with Gasteiger partial charge in [-0.05, 0) is 56.6 Å². The van der Waals surface area contributed by atoms with E-state index in [4.69, 9.17) is 17.0 Å². The van der Waals surface area contributed by atoms with Gasteiger partial charge in [-0.1, -0.05) is 18.2 Å². The Kier molecular flexibility index (Phi) is 6.52. The van der Waals surface area contributed by atoms with Gasteiger partial charge in [0.25, 0.3) is 0 Å². The van der Waals surface area contributed by atoms with E-state index < -0.39 is 0 Å². The Balaban J connectivity index is 2.01. The van der Waals surface area contributed by atoms with Gasteiger partial charge < -0.3 is 20.3 Å². The van der Waals surface area contributed by atoms with Crippen LogP contribution in [0.4, 0.5) is 10.1 Å². The van der Waals surface area contributed by atoms with Gasteiger partial charge >= 0.3 is 0 Å². The third-order valence-electron chi connectivity index (χ3n) is 3.68. The molecule has 0 aliphatic heterocycles. The Hall–Kier alpha value is -2.18. The third kappa shape index (κ3) is 4.91. The Labute approximate surface area is 147 Å². The number of para-hydroxylation sites is 1. The van der Waals surface area contributed by atoms with Crippen molar-refractivity contribution in [2.45, 2.75) is 6.04 Å². The molecule has 1 atom stereocenters. The minimum Gasteiger partial charge on any atom is -0.496 e. The molecule has 0 radical (unpaired) electrons. The van der Waals surface area contributed by atoms with E-state index in [1.54, 1.807) is 19.2 Å². The summed E-state index contributed by atoms with van der Waals surface area (Å²) >= 11 is 5.32. The summed E-state index contributed by atoms with van der Waals surface area (Å²) in [6, 6.07) is 14.1. The van der Waals surface area contributed by atoms with E-state index in [2.05, 4.69) is 15.5 Å². The molecule has 0 saturated carbocycles. The standard InChI is InChI=1S/C18H22FN3OS/c1-22(2)16(15-6-4-5-7-17(15)23-3)12-20-18(24)21-14-10-8-13(19)9-11-14/h4-11,16H,12H2,1-3H3,(H2,20,21,24)/t16-/m0/s1. The first-order chi connectivity index (χ1) is 11.5. The lowest BCUT2D eigenvalue weighted by atomic mass is 10.0. The highest BCUT2D eigenvalue weighted by Crippen LogP contribution is 2.27. The molecule has 2 aromatic carbocycles. The van der Waals surface area contributed by atoms with Crippen LogP contribution < -0.4 is 15.4 Å². The van der Waals surface area contributed by atoms with Crippen molar-refractivity contribution in [3.63, 3.8) is 0 Å². The summed E-state index contributed by atoms with van der Waals surface area (Å²) in [5.74, 6) is 0.568. The first-order valence-corrected chi connectivity index (χ1v) is 8.02. The molecule has 6 heteroatoms. The molecule has 0 bridgehead atoms. The van der Waals surface area contributed by atoms with Gasteiger partial charge in [0, 0.05) is 17.8 Å². The molecule has 0 fully saturated rings. The lowest BCUT2D eigenvalue weighted by Gasteiger charge is -2.27. The van der Waals surface area contributed by atoms with Gasteiger partial charge in [0.15, 0.2) is 5.11 Å². The van der Waals surface area contributed by atoms with Crippen molar-refractivity contribution in [3.05, 3.63) is 59.9 Å².